The number of benzene rings is 3. The van der Waals surface area contributed by atoms with Crippen molar-refractivity contribution in [2.75, 3.05) is 0 Å². The molecule has 5 rings (SSSR count). The number of carbonyl (C=O) groups is 1. The number of amides is 1. The number of rotatable bonds is 7. The van der Waals surface area contributed by atoms with E-state index in [1.165, 1.54) is 12.4 Å². The summed E-state index contributed by atoms with van der Waals surface area (Å²) in [7, 11) is 0. The Labute approximate surface area is 190 Å². The van der Waals surface area contributed by atoms with Gasteiger partial charge in [-0.15, -0.1) is 0 Å². The van der Waals surface area contributed by atoms with Crippen LogP contribution in [0.25, 0.3) is 10.9 Å². The van der Waals surface area contributed by atoms with Gasteiger partial charge >= 0.3 is 0 Å². The largest absolute Gasteiger partial charge is 0.342 e. The van der Waals surface area contributed by atoms with E-state index in [1.54, 1.807) is 29.2 Å². The molecule has 0 spiro atoms. The highest BCUT2D eigenvalue weighted by Gasteiger charge is 2.21. The SMILES string of the molecule is O=C(NC(Cn1cncn1)c1ccccc1)c1cc2ccccc2n1Cc1ccccc1F. The maximum absolute atomic E-state index is 14.4. The van der Waals surface area contributed by atoms with Crippen molar-refractivity contribution in [3.63, 3.8) is 0 Å². The molecule has 1 N–H and O–H groups in total. The lowest BCUT2D eigenvalue weighted by Gasteiger charge is -2.20. The van der Waals surface area contributed by atoms with Crippen LogP contribution in [0.4, 0.5) is 4.39 Å². The average molecular weight is 439 g/mol. The van der Waals surface area contributed by atoms with E-state index in [0.717, 1.165) is 16.5 Å². The van der Waals surface area contributed by atoms with Crippen molar-refractivity contribution >= 4 is 16.8 Å². The number of halogens is 1. The third-order valence-corrected chi connectivity index (χ3v) is 5.67. The second-order valence-corrected chi connectivity index (χ2v) is 7.82. The van der Waals surface area contributed by atoms with Crippen LogP contribution in [-0.2, 0) is 13.1 Å². The van der Waals surface area contributed by atoms with E-state index in [0.29, 0.717) is 17.8 Å². The second kappa shape index (κ2) is 9.08. The highest BCUT2D eigenvalue weighted by atomic mass is 19.1. The van der Waals surface area contributed by atoms with Crippen molar-refractivity contribution in [3.8, 4) is 0 Å². The van der Waals surface area contributed by atoms with Gasteiger partial charge in [-0.1, -0.05) is 66.7 Å². The summed E-state index contributed by atoms with van der Waals surface area (Å²) in [4.78, 5) is 17.6. The van der Waals surface area contributed by atoms with Gasteiger partial charge < -0.3 is 9.88 Å². The number of aromatic nitrogens is 4. The summed E-state index contributed by atoms with van der Waals surface area (Å²) >= 11 is 0. The van der Waals surface area contributed by atoms with Crippen LogP contribution in [-0.4, -0.2) is 25.2 Å². The predicted molar refractivity (Wildman–Crippen MR) is 124 cm³/mol. The van der Waals surface area contributed by atoms with Crippen LogP contribution in [0.15, 0.2) is 97.6 Å². The molecule has 0 saturated heterocycles. The van der Waals surface area contributed by atoms with E-state index in [1.807, 2.05) is 65.2 Å². The van der Waals surface area contributed by atoms with Crippen LogP contribution in [0.1, 0.15) is 27.7 Å². The van der Waals surface area contributed by atoms with Crippen LogP contribution >= 0.6 is 0 Å². The van der Waals surface area contributed by atoms with Gasteiger partial charge in [0.1, 0.15) is 24.2 Å². The van der Waals surface area contributed by atoms with Crippen LogP contribution < -0.4 is 5.32 Å². The number of para-hydroxylation sites is 1. The Morgan fingerprint density at radius 2 is 1.73 bits per heavy atom. The molecule has 164 valence electrons. The molecule has 2 heterocycles. The van der Waals surface area contributed by atoms with E-state index >= 15 is 0 Å². The smallest absolute Gasteiger partial charge is 0.268 e. The molecule has 0 aliphatic rings. The summed E-state index contributed by atoms with van der Waals surface area (Å²) in [6.45, 7) is 0.686. The molecule has 0 bridgehead atoms. The normalized spacial score (nSPS) is 12.0. The number of hydrogen-bond donors (Lipinski definition) is 1. The number of nitrogens with one attached hydrogen (secondary N) is 1. The van der Waals surface area contributed by atoms with E-state index in [-0.39, 0.29) is 24.3 Å². The van der Waals surface area contributed by atoms with Crippen LogP contribution in [0.5, 0.6) is 0 Å². The van der Waals surface area contributed by atoms with Crippen LogP contribution in [0.3, 0.4) is 0 Å². The molecular weight excluding hydrogens is 417 g/mol. The van der Waals surface area contributed by atoms with Crippen molar-refractivity contribution in [2.45, 2.75) is 19.1 Å². The quantitative estimate of drug-likeness (QED) is 0.403. The predicted octanol–water partition coefficient (Wildman–Crippen LogP) is 4.59. The summed E-state index contributed by atoms with van der Waals surface area (Å²) in [5.74, 6) is -0.536. The Morgan fingerprint density at radius 3 is 2.52 bits per heavy atom. The van der Waals surface area contributed by atoms with Gasteiger partial charge in [-0.25, -0.2) is 9.37 Å². The van der Waals surface area contributed by atoms with Gasteiger partial charge in [-0.3, -0.25) is 9.48 Å². The summed E-state index contributed by atoms with van der Waals surface area (Å²) in [5, 5.41) is 8.26. The van der Waals surface area contributed by atoms with Crippen LogP contribution in [0.2, 0.25) is 0 Å². The summed E-state index contributed by atoms with van der Waals surface area (Å²) < 4.78 is 18.0. The minimum Gasteiger partial charge on any atom is -0.342 e. The number of nitrogens with zero attached hydrogens (tertiary/aromatic N) is 4. The van der Waals surface area contributed by atoms with Crippen molar-refractivity contribution in [3.05, 3.63) is 120 Å². The van der Waals surface area contributed by atoms with Gasteiger partial charge in [-0.2, -0.15) is 5.10 Å². The van der Waals surface area contributed by atoms with Gasteiger partial charge in [0.15, 0.2) is 0 Å². The fourth-order valence-corrected chi connectivity index (χ4v) is 4.03. The van der Waals surface area contributed by atoms with Crippen molar-refractivity contribution in [1.29, 1.82) is 0 Å². The summed E-state index contributed by atoms with van der Waals surface area (Å²) in [6.07, 6.45) is 3.09. The molecule has 0 aliphatic heterocycles. The van der Waals surface area contributed by atoms with E-state index in [4.69, 9.17) is 0 Å². The minimum absolute atomic E-state index is 0.239. The molecule has 0 fully saturated rings. The van der Waals surface area contributed by atoms with Gasteiger partial charge in [-0.05, 0) is 23.8 Å². The van der Waals surface area contributed by atoms with E-state index in [9.17, 15) is 9.18 Å². The molecule has 1 atom stereocenters. The molecule has 5 aromatic rings. The van der Waals surface area contributed by atoms with Crippen LogP contribution in [0, 0.1) is 5.82 Å². The van der Waals surface area contributed by atoms with Crippen molar-refractivity contribution in [1.82, 2.24) is 24.6 Å². The first-order valence-electron chi connectivity index (χ1n) is 10.7. The molecule has 0 saturated carbocycles. The Morgan fingerprint density at radius 1 is 0.970 bits per heavy atom. The highest BCUT2D eigenvalue weighted by molar-refractivity contribution is 5.99. The summed E-state index contributed by atoms with van der Waals surface area (Å²) in [6, 6.07) is 25.6. The average Bonchev–Trinajstić information content (AvgIpc) is 3.49. The maximum atomic E-state index is 14.4. The second-order valence-electron chi connectivity index (χ2n) is 7.82. The lowest BCUT2D eigenvalue weighted by Crippen LogP contribution is -2.33. The molecule has 33 heavy (non-hydrogen) atoms. The minimum atomic E-state index is -0.319. The molecule has 2 aromatic heterocycles. The highest BCUT2D eigenvalue weighted by Crippen LogP contribution is 2.23. The zero-order chi connectivity index (χ0) is 22.6. The standard InChI is InChI=1S/C26H22FN5O/c27-22-12-6-4-11-21(22)15-32-24-13-7-5-10-20(24)14-25(32)26(33)30-23(16-31-18-28-17-29-31)19-8-2-1-3-9-19/h1-14,17-18,23H,15-16H2,(H,30,33). The van der Waals surface area contributed by atoms with Gasteiger partial charge in [0.25, 0.3) is 5.91 Å². The molecule has 0 aliphatic carbocycles. The third kappa shape index (κ3) is 4.39. The first-order valence-corrected chi connectivity index (χ1v) is 10.7. The zero-order valence-corrected chi connectivity index (χ0v) is 17.8. The maximum Gasteiger partial charge on any atom is 0.268 e. The molecule has 0 radical (unpaired) electrons. The van der Waals surface area contributed by atoms with Crippen molar-refractivity contribution < 1.29 is 9.18 Å². The Bertz CT molecular complexity index is 1380. The molecule has 1 amide bonds. The summed E-state index contributed by atoms with van der Waals surface area (Å²) in [5.41, 5.74) is 2.82. The molecule has 1 unspecified atom stereocenters. The Kier molecular flexibility index (Phi) is 5.68. The Hall–Kier alpha value is -4.26. The number of hydrogen-bond acceptors (Lipinski definition) is 3. The monoisotopic (exact) mass is 439 g/mol. The van der Waals surface area contributed by atoms with E-state index < -0.39 is 0 Å². The first kappa shape index (κ1) is 20.6. The molecule has 3 aromatic carbocycles. The number of fused-ring (bicyclic) bond motifs is 1. The molecule has 7 heteroatoms. The fourth-order valence-electron chi connectivity index (χ4n) is 4.03. The first-order chi connectivity index (χ1) is 16.2. The van der Waals surface area contributed by atoms with Gasteiger partial charge in [0, 0.05) is 16.5 Å². The van der Waals surface area contributed by atoms with Gasteiger partial charge in [0.2, 0.25) is 0 Å². The van der Waals surface area contributed by atoms with Crippen molar-refractivity contribution in [2.24, 2.45) is 0 Å². The number of carbonyl (C=O) groups excluding carboxylic acids is 1. The lowest BCUT2D eigenvalue weighted by atomic mass is 10.1. The third-order valence-electron chi connectivity index (χ3n) is 5.67. The topological polar surface area (TPSA) is 64.7 Å². The lowest BCUT2D eigenvalue weighted by molar-refractivity contribution is 0.0923. The molecular formula is C26H22FN5O. The Balaban J connectivity index is 1.51. The molecule has 6 nitrogen and oxygen atoms in total. The zero-order valence-electron chi connectivity index (χ0n) is 17.8. The fraction of sp³-hybridized carbons (Fsp3) is 0.115. The van der Waals surface area contributed by atoms with Gasteiger partial charge in [0.05, 0.1) is 19.1 Å². The van der Waals surface area contributed by atoms with E-state index in [2.05, 4.69) is 15.4 Å².